The Kier molecular flexibility index (Phi) is 6.10. The number of rotatable bonds is 5. The SMILES string of the molecule is CCCN1C(=O)C(C)(C)COc2cc(NC(=O)c3ccc(C(=O)OC)cc3)ccc21. The van der Waals surface area contributed by atoms with Gasteiger partial charge < -0.3 is 19.7 Å². The normalized spacial score (nSPS) is 14.9. The minimum Gasteiger partial charge on any atom is -0.490 e. The van der Waals surface area contributed by atoms with Crippen molar-refractivity contribution in [2.75, 3.05) is 30.5 Å². The van der Waals surface area contributed by atoms with E-state index in [0.29, 0.717) is 34.8 Å². The van der Waals surface area contributed by atoms with Gasteiger partial charge in [-0.3, -0.25) is 9.59 Å². The highest BCUT2D eigenvalue weighted by Gasteiger charge is 2.37. The minimum absolute atomic E-state index is 0.0191. The van der Waals surface area contributed by atoms with Crippen LogP contribution >= 0.6 is 0 Å². The van der Waals surface area contributed by atoms with Gasteiger partial charge in [-0.05, 0) is 56.7 Å². The molecule has 1 N–H and O–H groups in total. The molecule has 0 aliphatic carbocycles. The van der Waals surface area contributed by atoms with Crippen molar-refractivity contribution in [3.63, 3.8) is 0 Å². The van der Waals surface area contributed by atoms with Gasteiger partial charge >= 0.3 is 5.97 Å². The summed E-state index contributed by atoms with van der Waals surface area (Å²) >= 11 is 0. The third-order valence-electron chi connectivity index (χ3n) is 4.94. The molecule has 0 saturated carbocycles. The lowest BCUT2D eigenvalue weighted by molar-refractivity contribution is -0.127. The van der Waals surface area contributed by atoms with Crippen LogP contribution in [-0.2, 0) is 9.53 Å². The Morgan fingerprint density at radius 1 is 1.13 bits per heavy atom. The van der Waals surface area contributed by atoms with Crippen LogP contribution in [-0.4, -0.2) is 38.0 Å². The highest BCUT2D eigenvalue weighted by molar-refractivity contribution is 6.05. The van der Waals surface area contributed by atoms with Crippen molar-refractivity contribution >= 4 is 29.2 Å². The Balaban J connectivity index is 1.82. The average Bonchev–Trinajstić information content (AvgIpc) is 2.83. The highest BCUT2D eigenvalue weighted by Crippen LogP contribution is 2.38. The topological polar surface area (TPSA) is 84.9 Å². The molecular formula is C23H26N2O5. The van der Waals surface area contributed by atoms with Gasteiger partial charge in [0.05, 0.1) is 23.8 Å². The quantitative estimate of drug-likeness (QED) is 0.756. The maximum atomic E-state index is 12.9. The number of carbonyl (C=O) groups is 3. The Bertz CT molecular complexity index is 966. The second kappa shape index (κ2) is 8.57. The molecule has 0 unspecified atom stereocenters. The number of hydrogen-bond donors (Lipinski definition) is 1. The zero-order valence-corrected chi connectivity index (χ0v) is 17.7. The lowest BCUT2D eigenvalue weighted by Gasteiger charge is -2.27. The standard InChI is InChI=1S/C23H26N2O5/c1-5-12-25-18-11-10-17(13-19(18)30-14-23(2,3)22(25)28)24-20(26)15-6-8-16(9-7-15)21(27)29-4/h6-11,13H,5,12,14H2,1-4H3,(H,24,26). The molecule has 2 aromatic rings. The number of methoxy groups -OCH3 is 1. The maximum absolute atomic E-state index is 12.9. The molecule has 0 radical (unpaired) electrons. The smallest absolute Gasteiger partial charge is 0.337 e. The van der Waals surface area contributed by atoms with E-state index in [2.05, 4.69) is 10.1 Å². The fourth-order valence-corrected chi connectivity index (χ4v) is 3.25. The molecule has 1 aliphatic heterocycles. The van der Waals surface area contributed by atoms with E-state index >= 15 is 0 Å². The summed E-state index contributed by atoms with van der Waals surface area (Å²) in [4.78, 5) is 38.8. The Labute approximate surface area is 176 Å². The van der Waals surface area contributed by atoms with Gasteiger partial charge in [-0.15, -0.1) is 0 Å². The second-order valence-corrected chi connectivity index (χ2v) is 7.83. The first-order chi connectivity index (χ1) is 14.3. The molecule has 1 aliphatic rings. The number of nitrogens with one attached hydrogen (secondary N) is 1. The van der Waals surface area contributed by atoms with Gasteiger partial charge in [-0.1, -0.05) is 6.92 Å². The zero-order chi connectivity index (χ0) is 21.9. The summed E-state index contributed by atoms with van der Waals surface area (Å²) < 4.78 is 10.6. The summed E-state index contributed by atoms with van der Waals surface area (Å²) in [5, 5.41) is 2.83. The summed E-state index contributed by atoms with van der Waals surface area (Å²) in [6.07, 6.45) is 0.821. The minimum atomic E-state index is -0.640. The predicted octanol–water partition coefficient (Wildman–Crippen LogP) is 3.89. The second-order valence-electron chi connectivity index (χ2n) is 7.83. The molecule has 2 amide bonds. The zero-order valence-electron chi connectivity index (χ0n) is 17.7. The van der Waals surface area contributed by atoms with Gasteiger partial charge in [0, 0.05) is 23.9 Å². The van der Waals surface area contributed by atoms with E-state index in [1.54, 1.807) is 35.2 Å². The van der Waals surface area contributed by atoms with Crippen molar-refractivity contribution in [1.29, 1.82) is 0 Å². The molecular weight excluding hydrogens is 384 g/mol. The summed E-state index contributed by atoms with van der Waals surface area (Å²) in [7, 11) is 1.31. The first-order valence-corrected chi connectivity index (χ1v) is 9.85. The number of amides is 2. The Hall–Kier alpha value is -3.35. The van der Waals surface area contributed by atoms with E-state index in [1.807, 2.05) is 20.8 Å². The Morgan fingerprint density at radius 2 is 1.80 bits per heavy atom. The number of fused-ring (bicyclic) bond motifs is 1. The van der Waals surface area contributed by atoms with Crippen molar-refractivity contribution in [2.45, 2.75) is 27.2 Å². The number of hydrogen-bond acceptors (Lipinski definition) is 5. The Morgan fingerprint density at radius 3 is 2.43 bits per heavy atom. The average molecular weight is 410 g/mol. The van der Waals surface area contributed by atoms with Crippen LogP contribution in [0.5, 0.6) is 5.75 Å². The summed E-state index contributed by atoms with van der Waals surface area (Å²) in [6.45, 7) is 6.60. The van der Waals surface area contributed by atoms with Crippen molar-refractivity contribution in [1.82, 2.24) is 0 Å². The molecule has 0 aromatic heterocycles. The third kappa shape index (κ3) is 4.30. The summed E-state index contributed by atoms with van der Waals surface area (Å²) in [5.41, 5.74) is 1.39. The van der Waals surface area contributed by atoms with Crippen molar-refractivity contribution < 1.29 is 23.9 Å². The van der Waals surface area contributed by atoms with Crippen LogP contribution in [0.2, 0.25) is 0 Å². The van der Waals surface area contributed by atoms with Crippen LogP contribution in [0.1, 0.15) is 47.9 Å². The molecule has 3 rings (SSSR count). The lowest BCUT2D eigenvalue weighted by Crippen LogP contribution is -2.42. The largest absolute Gasteiger partial charge is 0.490 e. The number of ether oxygens (including phenoxy) is 2. The number of nitrogens with zero attached hydrogens (tertiary/aromatic N) is 1. The van der Waals surface area contributed by atoms with Gasteiger partial charge in [0.1, 0.15) is 12.4 Å². The molecule has 0 saturated heterocycles. The first kappa shape index (κ1) is 21.4. The fourth-order valence-electron chi connectivity index (χ4n) is 3.25. The van der Waals surface area contributed by atoms with Gasteiger partial charge in [0.2, 0.25) is 5.91 Å². The summed E-state index contributed by atoms with van der Waals surface area (Å²) in [6, 6.07) is 11.5. The number of anilines is 2. The molecule has 7 nitrogen and oxygen atoms in total. The van der Waals surface area contributed by atoms with E-state index in [0.717, 1.165) is 6.42 Å². The summed E-state index contributed by atoms with van der Waals surface area (Å²) in [5.74, 6) is -0.201. The molecule has 0 fully saturated rings. The lowest BCUT2D eigenvalue weighted by atomic mass is 9.93. The van der Waals surface area contributed by atoms with Crippen molar-refractivity contribution in [2.24, 2.45) is 5.41 Å². The van der Waals surface area contributed by atoms with Crippen LogP contribution in [0.25, 0.3) is 0 Å². The number of carbonyl (C=O) groups excluding carboxylic acids is 3. The molecule has 0 bridgehead atoms. The van der Waals surface area contributed by atoms with Crippen molar-refractivity contribution in [3.8, 4) is 5.75 Å². The molecule has 0 spiro atoms. The molecule has 7 heteroatoms. The number of benzene rings is 2. The van der Waals surface area contributed by atoms with Gasteiger partial charge in [-0.2, -0.15) is 0 Å². The first-order valence-electron chi connectivity index (χ1n) is 9.85. The molecule has 158 valence electrons. The van der Waals surface area contributed by atoms with Gasteiger partial charge in [0.25, 0.3) is 5.91 Å². The van der Waals surface area contributed by atoms with Crippen LogP contribution in [0, 0.1) is 5.41 Å². The monoisotopic (exact) mass is 410 g/mol. The van der Waals surface area contributed by atoms with E-state index in [4.69, 9.17) is 4.74 Å². The van der Waals surface area contributed by atoms with E-state index in [1.165, 1.54) is 19.2 Å². The van der Waals surface area contributed by atoms with E-state index in [9.17, 15) is 14.4 Å². The number of esters is 1. The predicted molar refractivity (Wildman–Crippen MR) is 114 cm³/mol. The molecule has 1 heterocycles. The van der Waals surface area contributed by atoms with E-state index < -0.39 is 11.4 Å². The molecule has 0 atom stereocenters. The van der Waals surface area contributed by atoms with Crippen LogP contribution < -0.4 is 15.0 Å². The fraction of sp³-hybridized carbons (Fsp3) is 0.348. The molecule has 30 heavy (non-hydrogen) atoms. The highest BCUT2D eigenvalue weighted by atomic mass is 16.5. The van der Waals surface area contributed by atoms with Gasteiger partial charge in [0.15, 0.2) is 0 Å². The third-order valence-corrected chi connectivity index (χ3v) is 4.94. The van der Waals surface area contributed by atoms with Crippen LogP contribution in [0.3, 0.4) is 0 Å². The molecule has 2 aromatic carbocycles. The van der Waals surface area contributed by atoms with Crippen LogP contribution in [0.15, 0.2) is 42.5 Å². The van der Waals surface area contributed by atoms with Crippen LogP contribution in [0.4, 0.5) is 11.4 Å². The van der Waals surface area contributed by atoms with E-state index in [-0.39, 0.29) is 18.4 Å². The van der Waals surface area contributed by atoms with Crippen molar-refractivity contribution in [3.05, 3.63) is 53.6 Å². The maximum Gasteiger partial charge on any atom is 0.337 e. The van der Waals surface area contributed by atoms with Gasteiger partial charge in [-0.25, -0.2) is 4.79 Å².